The smallest absolute Gasteiger partial charge is 0.237 e. The maximum atomic E-state index is 14.8. The molecule has 3 saturated heterocycles. The van der Waals surface area contributed by atoms with Gasteiger partial charge in [0, 0.05) is 165 Å². The Labute approximate surface area is 729 Å². The van der Waals surface area contributed by atoms with Crippen molar-refractivity contribution in [3.63, 3.8) is 0 Å². The molecule has 8 heterocycles. The number of nitrogens with one attached hydrogen (secondary N) is 5. The molecule has 20 heteroatoms. The average Bonchev–Trinajstić information content (AvgIpc) is 1.71. The molecule has 5 aromatic carbocycles. The summed E-state index contributed by atoms with van der Waals surface area (Å²) in [6.07, 6.45) is 20.8. The predicted molar refractivity (Wildman–Crippen MR) is 473 cm³/mol. The molecule has 10 aliphatic carbocycles. The lowest BCUT2D eigenvalue weighted by Gasteiger charge is -2.49. The van der Waals surface area contributed by atoms with Crippen LogP contribution in [0.25, 0.3) is 0 Å². The molecule has 0 radical (unpaired) electrons. The molecule has 0 saturated carbocycles. The minimum atomic E-state index is -0.741. The molecule has 0 amide bonds. The summed E-state index contributed by atoms with van der Waals surface area (Å²) >= 11 is 0. The number of hydrogen-bond acceptors (Lipinski definition) is 13. The second kappa shape index (κ2) is 31.5. The van der Waals surface area contributed by atoms with Crippen molar-refractivity contribution in [1.82, 2.24) is 51.0 Å². The lowest BCUT2D eigenvalue weighted by Crippen LogP contribution is -2.50. The van der Waals surface area contributed by atoms with Crippen molar-refractivity contribution in [2.75, 3.05) is 39.6 Å². The molecule has 5 N–H and O–H groups in total. The number of carbonyl (C=O) groups excluding carboxylic acids is 5. The predicted octanol–water partition coefficient (Wildman–Crippen LogP) is 19.0. The van der Waals surface area contributed by atoms with Crippen molar-refractivity contribution in [1.29, 1.82) is 0 Å². The van der Waals surface area contributed by atoms with E-state index in [1.807, 2.05) is 111 Å². The van der Waals surface area contributed by atoms with Crippen molar-refractivity contribution in [3.05, 3.63) is 322 Å². The molecular weight excluding hydrogens is 1570 g/mol. The van der Waals surface area contributed by atoms with Crippen molar-refractivity contribution >= 4 is 28.9 Å². The number of H-pyrrole nitrogens is 5. The summed E-state index contributed by atoms with van der Waals surface area (Å²) in [7, 11) is 0. The van der Waals surface area contributed by atoms with E-state index >= 15 is 0 Å². The standard InChI is InChI=1S/2C21H23FN2O.3C21H22N2O2/c2*1-4-21(14-8-6-5-7-9-14)17-13(11-20(2,3)12-16(17)25)10-15-18(21)19(22)24-23-15;3*1-2-21(15-6-4-3-5-7-15)16-11-22-23-17(16)8-14-9-20(12-25-13-20)10-18(24)19(14)21/h2*5-9H,4,10-12H2,1-3H3,(H,23,24);3*3-7,11H,2,8-10,12-13H2,1H3,(H,22,23)/t5*21-/m10110/s1. The summed E-state index contributed by atoms with van der Waals surface area (Å²) in [5.74, 6) is 0.271. The topological polar surface area (TPSA) is 256 Å². The van der Waals surface area contributed by atoms with Gasteiger partial charge in [-0.1, -0.05) is 242 Å². The van der Waals surface area contributed by atoms with E-state index < -0.39 is 22.7 Å². The Balaban J connectivity index is 0.000000102. The Bertz CT molecular complexity index is 5610. The molecule has 125 heavy (non-hydrogen) atoms. The fourth-order valence-electron chi connectivity index (χ4n) is 25.7. The molecule has 5 atom stereocenters. The van der Waals surface area contributed by atoms with Gasteiger partial charge in [-0.3, -0.25) is 49.5 Å². The Morgan fingerprint density at radius 3 is 0.776 bits per heavy atom. The molecule has 23 rings (SSSR count). The number of aromatic nitrogens is 10. The zero-order valence-electron chi connectivity index (χ0n) is 73.3. The highest BCUT2D eigenvalue weighted by Crippen LogP contribution is 2.62. The van der Waals surface area contributed by atoms with Gasteiger partial charge in [-0.25, -0.2) is 0 Å². The number of hydrogen-bond donors (Lipinski definition) is 5. The third-order valence-corrected chi connectivity index (χ3v) is 30.7. The van der Waals surface area contributed by atoms with Crippen molar-refractivity contribution in [3.8, 4) is 0 Å². The molecule has 0 bridgehead atoms. The number of halogens is 2. The van der Waals surface area contributed by atoms with E-state index in [1.54, 1.807) is 0 Å². The molecular formula is C105H112F2N10O8. The normalized spacial score (nSPS) is 26.2. The Morgan fingerprint density at radius 1 is 0.296 bits per heavy atom. The van der Waals surface area contributed by atoms with Crippen molar-refractivity contribution in [2.24, 2.45) is 27.1 Å². The van der Waals surface area contributed by atoms with Gasteiger partial charge in [-0.15, -0.1) is 10.2 Å². The molecule has 10 aromatic rings. The van der Waals surface area contributed by atoms with Gasteiger partial charge in [-0.2, -0.15) is 24.1 Å². The Hall–Kier alpha value is -11.1. The van der Waals surface area contributed by atoms with Crippen LogP contribution in [0.1, 0.15) is 243 Å². The zero-order valence-corrected chi connectivity index (χ0v) is 73.3. The number of aromatic amines is 5. The van der Waals surface area contributed by atoms with Crippen LogP contribution in [0.5, 0.6) is 0 Å². The summed E-state index contributed by atoms with van der Waals surface area (Å²) in [5.41, 5.74) is 23.6. The van der Waals surface area contributed by atoms with Crippen LogP contribution in [0.3, 0.4) is 0 Å². The molecule has 18 nitrogen and oxygen atoms in total. The van der Waals surface area contributed by atoms with Crippen LogP contribution in [0.15, 0.2) is 226 Å². The van der Waals surface area contributed by atoms with Crippen LogP contribution >= 0.6 is 0 Å². The maximum absolute atomic E-state index is 14.8. The Kier molecular flexibility index (Phi) is 21.0. The number of nitrogens with zero attached hydrogens (tertiary/aromatic N) is 5. The number of ether oxygens (including phenoxy) is 3. The van der Waals surface area contributed by atoms with Crippen LogP contribution in [0, 0.1) is 39.0 Å². The summed E-state index contributed by atoms with van der Waals surface area (Å²) in [6.45, 7) is 23.5. The monoisotopic (exact) mass is 1680 g/mol. The van der Waals surface area contributed by atoms with E-state index in [-0.39, 0.29) is 54.9 Å². The first-order chi connectivity index (χ1) is 60.3. The maximum Gasteiger partial charge on any atom is 0.237 e. The summed E-state index contributed by atoms with van der Waals surface area (Å²) in [5, 5.41) is 36.1. The first kappa shape index (κ1) is 83.5. The second-order valence-corrected chi connectivity index (χ2v) is 39.6. The van der Waals surface area contributed by atoms with E-state index in [9.17, 15) is 32.8 Å². The number of benzene rings is 5. The van der Waals surface area contributed by atoms with Gasteiger partial charge in [0.1, 0.15) is 0 Å². The molecule has 3 fully saturated rings. The number of allylic oxidation sites excluding steroid dienone is 10. The van der Waals surface area contributed by atoms with Crippen LogP contribution in [-0.4, -0.2) is 120 Å². The van der Waals surface area contributed by atoms with Crippen LogP contribution < -0.4 is 0 Å². The molecule has 0 unspecified atom stereocenters. The van der Waals surface area contributed by atoms with E-state index in [4.69, 9.17) is 14.2 Å². The van der Waals surface area contributed by atoms with Crippen molar-refractivity contribution < 1.29 is 47.0 Å². The summed E-state index contributed by atoms with van der Waals surface area (Å²) < 4.78 is 45.9. The van der Waals surface area contributed by atoms with Crippen LogP contribution in [0.2, 0.25) is 0 Å². The third-order valence-electron chi connectivity index (χ3n) is 30.7. The van der Waals surface area contributed by atoms with E-state index in [0.717, 1.165) is 189 Å². The minimum Gasteiger partial charge on any atom is -0.380 e. The quantitative estimate of drug-likeness (QED) is 0.0855. The highest BCUT2D eigenvalue weighted by molar-refractivity contribution is 6.05. The van der Waals surface area contributed by atoms with Gasteiger partial charge in [0.2, 0.25) is 11.9 Å². The number of fused-ring (bicyclic) bond motifs is 5. The van der Waals surface area contributed by atoms with Gasteiger partial charge in [-0.05, 0) is 103 Å². The van der Waals surface area contributed by atoms with Gasteiger partial charge in [0.05, 0.1) is 85.3 Å². The molecule has 3 aliphatic heterocycles. The molecule has 13 aliphatic rings. The van der Waals surface area contributed by atoms with Gasteiger partial charge < -0.3 is 14.2 Å². The first-order valence-corrected chi connectivity index (χ1v) is 45.2. The Morgan fingerprint density at radius 2 is 0.528 bits per heavy atom. The fourth-order valence-corrected chi connectivity index (χ4v) is 25.7. The number of Topliss-reactive ketones (excluding diaryl/α,β-unsaturated/α-hetero) is 5. The zero-order chi connectivity index (χ0) is 86.9. The average molecular weight is 1680 g/mol. The second-order valence-electron chi connectivity index (χ2n) is 39.6. The highest BCUT2D eigenvalue weighted by atomic mass is 19.1. The SMILES string of the molecule is CC[C@@]1(c2ccccc2)C2=C(Cc3[nH]nc(F)c31)CC(C)(C)CC2=O.CC[C@@]1(c2ccccc2)C2=C(Cc3[nH]ncc31)CC1(COC1)CC2=O.CC[C@]1(c2ccccc2)C2=C(Cc3[nH]nc(F)c31)CC(C)(C)CC2=O.CC[C@]1(c2ccccc2)C2=C(Cc3[nH]ncc31)CC1(COC1)CC2=O.CC[C@]1(c2ccccc2)C2=C(Cc3[nH]ncc31)CC1(COC1)CC2=O. The van der Waals surface area contributed by atoms with E-state index in [1.165, 1.54) is 50.1 Å². The largest absolute Gasteiger partial charge is 0.380 e. The molecule has 3 spiro atoms. The van der Waals surface area contributed by atoms with Gasteiger partial charge >= 0.3 is 0 Å². The van der Waals surface area contributed by atoms with Crippen molar-refractivity contribution in [2.45, 2.75) is 218 Å². The first-order valence-electron chi connectivity index (χ1n) is 45.2. The minimum absolute atomic E-state index is 0.0452. The lowest BCUT2D eigenvalue weighted by molar-refractivity contribution is -0.142. The number of ketones is 5. The third kappa shape index (κ3) is 13.2. The lowest BCUT2D eigenvalue weighted by atomic mass is 9.56. The van der Waals surface area contributed by atoms with Gasteiger partial charge in [0.25, 0.3) is 0 Å². The van der Waals surface area contributed by atoms with E-state index in [0.29, 0.717) is 86.3 Å². The fraction of sp³-hybridized carbons (Fsp3) is 0.429. The van der Waals surface area contributed by atoms with Crippen LogP contribution in [0.4, 0.5) is 8.78 Å². The number of rotatable bonds is 10. The molecule has 5 aromatic heterocycles. The summed E-state index contributed by atoms with van der Waals surface area (Å²) in [4.78, 5) is 66.6. The van der Waals surface area contributed by atoms with E-state index in [2.05, 4.69) is 172 Å². The van der Waals surface area contributed by atoms with Gasteiger partial charge in [0.15, 0.2) is 28.9 Å². The highest BCUT2D eigenvalue weighted by Gasteiger charge is 2.59. The summed E-state index contributed by atoms with van der Waals surface area (Å²) in [6, 6.07) is 51.1. The molecule has 644 valence electrons. The number of carbonyl (C=O) groups is 5. The van der Waals surface area contributed by atoms with Crippen LogP contribution in [-0.2, 0) is 97.4 Å².